The summed E-state index contributed by atoms with van der Waals surface area (Å²) in [6.07, 6.45) is 4.63. The molecule has 0 radical (unpaired) electrons. The van der Waals surface area contributed by atoms with Crippen LogP contribution < -0.4 is 5.56 Å². The molecular weight excluding hydrogens is 290 g/mol. The first-order valence-corrected chi connectivity index (χ1v) is 7.13. The van der Waals surface area contributed by atoms with Gasteiger partial charge in [0.1, 0.15) is 5.56 Å². The second-order valence-electron chi connectivity index (χ2n) is 4.64. The summed E-state index contributed by atoms with van der Waals surface area (Å²) < 4.78 is 3.08. The molecule has 0 saturated heterocycles. The normalized spacial score (nSPS) is 11.0. The zero-order valence-corrected chi connectivity index (χ0v) is 12.4. The van der Waals surface area contributed by atoms with E-state index in [4.69, 9.17) is 0 Å². The van der Waals surface area contributed by atoms with Crippen LogP contribution in [-0.4, -0.2) is 37.0 Å². The second kappa shape index (κ2) is 5.13. The molecule has 3 rings (SSSR count). The van der Waals surface area contributed by atoms with Gasteiger partial charge in [0.25, 0.3) is 11.5 Å². The first-order chi connectivity index (χ1) is 10.1. The lowest BCUT2D eigenvalue weighted by atomic mass is 10.3. The minimum absolute atomic E-state index is 0.0653. The van der Waals surface area contributed by atoms with Crippen LogP contribution in [-0.2, 0) is 13.6 Å². The van der Waals surface area contributed by atoms with Crippen molar-refractivity contribution < 1.29 is 4.79 Å². The van der Waals surface area contributed by atoms with Crippen LogP contribution in [0.4, 0.5) is 0 Å². The third kappa shape index (κ3) is 2.33. The number of carbonyl (C=O) groups is 1. The van der Waals surface area contributed by atoms with Crippen molar-refractivity contribution in [3.63, 3.8) is 0 Å². The molecule has 0 unspecified atom stereocenters. The molecule has 0 bridgehead atoms. The van der Waals surface area contributed by atoms with Gasteiger partial charge in [-0.05, 0) is 6.07 Å². The number of amides is 1. The number of hydrogen-bond donors (Lipinski definition) is 0. The maximum absolute atomic E-state index is 12.4. The van der Waals surface area contributed by atoms with E-state index in [1.807, 2.05) is 13.1 Å². The molecule has 21 heavy (non-hydrogen) atoms. The molecule has 1 amide bonds. The summed E-state index contributed by atoms with van der Waals surface area (Å²) in [6, 6.07) is 1.83. The number of nitrogens with zero attached hydrogens (tertiary/aromatic N) is 5. The van der Waals surface area contributed by atoms with Crippen LogP contribution in [0.5, 0.6) is 0 Å². The van der Waals surface area contributed by atoms with E-state index in [-0.39, 0.29) is 17.0 Å². The topological polar surface area (TPSA) is 72.5 Å². The van der Waals surface area contributed by atoms with Gasteiger partial charge < -0.3 is 4.90 Å². The van der Waals surface area contributed by atoms with Crippen molar-refractivity contribution in [2.24, 2.45) is 7.05 Å². The molecule has 8 heteroatoms. The monoisotopic (exact) mass is 303 g/mol. The molecule has 0 aliphatic rings. The molecule has 0 N–H and O–H groups in total. The predicted molar refractivity (Wildman–Crippen MR) is 78.3 cm³/mol. The van der Waals surface area contributed by atoms with Gasteiger partial charge in [0.05, 0.1) is 12.2 Å². The highest BCUT2D eigenvalue weighted by Gasteiger charge is 2.18. The van der Waals surface area contributed by atoms with Gasteiger partial charge in [0.2, 0.25) is 0 Å². The Kier molecular flexibility index (Phi) is 3.30. The number of fused-ring (bicyclic) bond motifs is 1. The molecule has 108 valence electrons. The van der Waals surface area contributed by atoms with Crippen LogP contribution in [0.3, 0.4) is 0 Å². The number of aryl methyl sites for hydroxylation is 1. The van der Waals surface area contributed by atoms with Gasteiger partial charge in [-0.2, -0.15) is 5.10 Å². The molecule has 0 aromatic carbocycles. The van der Waals surface area contributed by atoms with E-state index < -0.39 is 0 Å². The standard InChI is InChI=1S/C13H13N5O2S/c1-16(8-9-3-4-15-17(9)2)11(19)10-7-14-13-18(12(10)20)5-6-21-13/h3-7H,8H2,1-2H3. The Morgan fingerprint density at radius 2 is 2.29 bits per heavy atom. The fourth-order valence-corrected chi connectivity index (χ4v) is 2.72. The van der Waals surface area contributed by atoms with E-state index in [1.165, 1.54) is 26.8 Å². The lowest BCUT2D eigenvalue weighted by Gasteiger charge is -2.16. The number of hydrogen-bond acceptors (Lipinski definition) is 5. The summed E-state index contributed by atoms with van der Waals surface area (Å²) in [5.74, 6) is -0.352. The molecule has 0 atom stereocenters. The van der Waals surface area contributed by atoms with E-state index in [9.17, 15) is 9.59 Å². The fourth-order valence-electron chi connectivity index (χ4n) is 2.05. The van der Waals surface area contributed by atoms with Crippen LogP contribution in [0.1, 0.15) is 16.1 Å². The summed E-state index contributed by atoms with van der Waals surface area (Å²) >= 11 is 1.35. The van der Waals surface area contributed by atoms with Crippen molar-refractivity contribution in [2.75, 3.05) is 7.05 Å². The van der Waals surface area contributed by atoms with Crippen molar-refractivity contribution in [1.29, 1.82) is 0 Å². The van der Waals surface area contributed by atoms with E-state index in [0.29, 0.717) is 11.5 Å². The highest BCUT2D eigenvalue weighted by atomic mass is 32.1. The lowest BCUT2D eigenvalue weighted by molar-refractivity contribution is 0.0779. The quantitative estimate of drug-likeness (QED) is 0.716. The summed E-state index contributed by atoms with van der Waals surface area (Å²) in [6.45, 7) is 0.376. The fraction of sp³-hybridized carbons (Fsp3) is 0.231. The smallest absolute Gasteiger partial charge is 0.271 e. The van der Waals surface area contributed by atoms with E-state index >= 15 is 0 Å². The van der Waals surface area contributed by atoms with Gasteiger partial charge in [0, 0.05) is 38.1 Å². The molecule has 0 aliphatic heterocycles. The van der Waals surface area contributed by atoms with E-state index in [2.05, 4.69) is 10.1 Å². The van der Waals surface area contributed by atoms with Crippen LogP contribution in [0.25, 0.3) is 4.96 Å². The van der Waals surface area contributed by atoms with Gasteiger partial charge in [-0.3, -0.25) is 18.7 Å². The summed E-state index contributed by atoms with van der Waals surface area (Å²) in [7, 11) is 3.46. The van der Waals surface area contributed by atoms with Gasteiger partial charge in [-0.1, -0.05) is 0 Å². The summed E-state index contributed by atoms with van der Waals surface area (Å²) in [5.41, 5.74) is 0.606. The minimum atomic E-state index is -0.352. The van der Waals surface area contributed by atoms with Crippen molar-refractivity contribution in [2.45, 2.75) is 6.54 Å². The Bertz CT molecular complexity index is 863. The zero-order chi connectivity index (χ0) is 15.0. The van der Waals surface area contributed by atoms with E-state index in [0.717, 1.165) is 5.69 Å². The maximum Gasteiger partial charge on any atom is 0.271 e. The van der Waals surface area contributed by atoms with Gasteiger partial charge in [-0.25, -0.2) is 4.98 Å². The van der Waals surface area contributed by atoms with Crippen molar-refractivity contribution in [1.82, 2.24) is 24.1 Å². The highest BCUT2D eigenvalue weighted by molar-refractivity contribution is 7.15. The largest absolute Gasteiger partial charge is 0.336 e. The lowest BCUT2D eigenvalue weighted by Crippen LogP contribution is -2.33. The van der Waals surface area contributed by atoms with Crippen LogP contribution in [0.2, 0.25) is 0 Å². The van der Waals surface area contributed by atoms with Gasteiger partial charge in [-0.15, -0.1) is 11.3 Å². The van der Waals surface area contributed by atoms with Crippen molar-refractivity contribution in [3.8, 4) is 0 Å². The minimum Gasteiger partial charge on any atom is -0.336 e. The van der Waals surface area contributed by atoms with Crippen LogP contribution in [0.15, 0.2) is 34.8 Å². The Hall–Kier alpha value is -2.48. The highest BCUT2D eigenvalue weighted by Crippen LogP contribution is 2.08. The number of carbonyl (C=O) groups excluding carboxylic acids is 1. The second-order valence-corrected chi connectivity index (χ2v) is 5.51. The summed E-state index contributed by atoms with van der Waals surface area (Å²) in [4.78, 5) is 30.9. The molecular formula is C13H13N5O2S. The van der Waals surface area contributed by atoms with Crippen LogP contribution in [0, 0.1) is 0 Å². The maximum atomic E-state index is 12.4. The molecule has 0 fully saturated rings. The Morgan fingerprint density at radius 1 is 1.48 bits per heavy atom. The van der Waals surface area contributed by atoms with Gasteiger partial charge in [0.15, 0.2) is 4.96 Å². The average Bonchev–Trinajstić information content (AvgIpc) is 3.08. The average molecular weight is 303 g/mol. The van der Waals surface area contributed by atoms with Gasteiger partial charge >= 0.3 is 0 Å². The molecule has 7 nitrogen and oxygen atoms in total. The Balaban J connectivity index is 1.91. The van der Waals surface area contributed by atoms with Crippen LogP contribution >= 0.6 is 11.3 Å². The Labute approximate surface area is 124 Å². The van der Waals surface area contributed by atoms with Crippen molar-refractivity contribution in [3.05, 3.63) is 51.6 Å². The zero-order valence-electron chi connectivity index (χ0n) is 11.6. The first-order valence-electron chi connectivity index (χ1n) is 6.25. The molecule has 3 aromatic rings. The molecule has 3 heterocycles. The number of rotatable bonds is 3. The predicted octanol–water partition coefficient (Wildman–Crippen LogP) is 0.762. The SMILES string of the molecule is CN(Cc1ccnn1C)C(=O)c1cnc2sccn2c1=O. The Morgan fingerprint density at radius 3 is 3.00 bits per heavy atom. The molecule has 3 aromatic heterocycles. The molecule has 0 aliphatic carbocycles. The molecule has 0 spiro atoms. The third-order valence-corrected chi connectivity index (χ3v) is 4.01. The number of thiazole rings is 1. The first kappa shape index (κ1) is 13.5. The molecule has 0 saturated carbocycles. The van der Waals surface area contributed by atoms with E-state index in [1.54, 1.807) is 29.5 Å². The summed E-state index contributed by atoms with van der Waals surface area (Å²) in [5, 5.41) is 5.82. The third-order valence-electron chi connectivity index (χ3n) is 3.24. The number of aromatic nitrogens is 4. The van der Waals surface area contributed by atoms with Crippen molar-refractivity contribution >= 4 is 22.2 Å².